The molecular weight excluding hydrogens is 322 g/mol. The van der Waals surface area contributed by atoms with Crippen LogP contribution >= 0.6 is 24.2 Å². The Balaban J connectivity index is 0.00000176. The Bertz CT molecular complexity index is 619. The first-order valence-electron chi connectivity index (χ1n) is 7.02. The summed E-state index contributed by atoms with van der Waals surface area (Å²) in [6.45, 7) is 3.99. The lowest BCUT2D eigenvalue weighted by atomic mass is 9.97. The summed E-state index contributed by atoms with van der Waals surface area (Å²) < 4.78 is 2.06. The van der Waals surface area contributed by atoms with Crippen LogP contribution in [0.25, 0.3) is 0 Å². The van der Waals surface area contributed by atoms with Gasteiger partial charge in [0, 0.05) is 18.7 Å². The first-order valence-corrected chi connectivity index (χ1v) is 7.84. The minimum absolute atomic E-state index is 0. The van der Waals surface area contributed by atoms with Gasteiger partial charge in [-0.15, -0.1) is 22.6 Å². The van der Waals surface area contributed by atoms with Gasteiger partial charge in [0.15, 0.2) is 5.16 Å². The first-order chi connectivity index (χ1) is 10.1. The first kappa shape index (κ1) is 17.0. The molecule has 1 saturated heterocycles. The summed E-state index contributed by atoms with van der Waals surface area (Å²) in [5, 5.41) is 13.7. The zero-order chi connectivity index (χ0) is 14.8. The van der Waals surface area contributed by atoms with Crippen molar-refractivity contribution in [1.82, 2.24) is 30.0 Å². The molecule has 0 aromatic carbocycles. The topological polar surface area (TPSA) is 94.5 Å². The van der Waals surface area contributed by atoms with Crippen LogP contribution in [0.2, 0.25) is 0 Å². The zero-order valence-corrected chi connectivity index (χ0v) is 14.2. The molecule has 0 atom stereocenters. The summed E-state index contributed by atoms with van der Waals surface area (Å²) in [6, 6.07) is 1.90. The molecule has 0 radical (unpaired) electrons. The molecule has 2 aromatic heterocycles. The third kappa shape index (κ3) is 3.68. The minimum atomic E-state index is 0. The predicted octanol–water partition coefficient (Wildman–Crippen LogP) is 1.54. The number of nitrogen functional groups attached to an aromatic ring is 1. The lowest BCUT2D eigenvalue weighted by Gasteiger charge is -2.21. The van der Waals surface area contributed by atoms with E-state index in [2.05, 4.69) is 30.0 Å². The van der Waals surface area contributed by atoms with E-state index in [0.29, 0.717) is 11.9 Å². The van der Waals surface area contributed by atoms with Crippen molar-refractivity contribution >= 4 is 30.1 Å². The van der Waals surface area contributed by atoms with Crippen LogP contribution in [0.15, 0.2) is 16.2 Å². The molecule has 1 aliphatic rings. The molecule has 0 aliphatic carbocycles. The number of nitrogens with two attached hydrogens (primary N) is 1. The minimum Gasteiger partial charge on any atom is -0.368 e. The number of halogens is 1. The third-order valence-corrected chi connectivity index (χ3v) is 4.57. The molecule has 0 unspecified atom stereocenters. The molecule has 7 nitrogen and oxygen atoms in total. The summed E-state index contributed by atoms with van der Waals surface area (Å²) in [4.78, 5) is 8.31. The summed E-state index contributed by atoms with van der Waals surface area (Å²) in [6.07, 6.45) is 2.21. The van der Waals surface area contributed by atoms with Crippen LogP contribution in [0.4, 0.5) is 5.95 Å². The van der Waals surface area contributed by atoms with Crippen molar-refractivity contribution in [3.63, 3.8) is 0 Å². The number of anilines is 1. The second kappa shape index (κ2) is 7.26. The standard InChI is InChI=1S/C13H19N7S.ClH/c1-8-7-10(17-12(14)16-8)21-13-19-18-11(20(13)2)9-3-5-15-6-4-9;/h7,9,15H,3-6H2,1-2H3,(H2,14,16,17);1H. The monoisotopic (exact) mass is 341 g/mol. The maximum absolute atomic E-state index is 5.69. The Morgan fingerprint density at radius 2 is 2.00 bits per heavy atom. The highest BCUT2D eigenvalue weighted by molar-refractivity contribution is 7.99. The van der Waals surface area contributed by atoms with Gasteiger partial charge >= 0.3 is 0 Å². The number of nitrogens with zero attached hydrogens (tertiary/aromatic N) is 5. The summed E-state index contributed by atoms with van der Waals surface area (Å²) in [5.74, 6) is 1.83. The highest BCUT2D eigenvalue weighted by atomic mass is 35.5. The van der Waals surface area contributed by atoms with Crippen molar-refractivity contribution in [3.8, 4) is 0 Å². The fraction of sp³-hybridized carbons (Fsp3) is 0.538. The van der Waals surface area contributed by atoms with E-state index in [9.17, 15) is 0 Å². The molecule has 0 bridgehead atoms. The van der Waals surface area contributed by atoms with E-state index >= 15 is 0 Å². The molecule has 9 heteroatoms. The van der Waals surface area contributed by atoms with Gasteiger partial charge in [0.05, 0.1) is 0 Å². The molecular formula is C13H20ClN7S. The summed E-state index contributed by atoms with van der Waals surface area (Å²) >= 11 is 1.47. The third-order valence-electron chi connectivity index (χ3n) is 3.62. The Labute approximate surface area is 139 Å². The maximum atomic E-state index is 5.69. The van der Waals surface area contributed by atoms with Gasteiger partial charge in [-0.2, -0.15) is 0 Å². The van der Waals surface area contributed by atoms with Crippen LogP contribution < -0.4 is 11.1 Å². The molecule has 1 fully saturated rings. The molecule has 2 aromatic rings. The number of nitrogens with one attached hydrogen (secondary N) is 1. The summed E-state index contributed by atoms with van der Waals surface area (Å²) in [5.41, 5.74) is 6.54. The van der Waals surface area contributed by atoms with E-state index < -0.39 is 0 Å². The zero-order valence-electron chi connectivity index (χ0n) is 12.6. The number of hydrogen-bond donors (Lipinski definition) is 2. The highest BCUT2D eigenvalue weighted by Gasteiger charge is 2.22. The van der Waals surface area contributed by atoms with Crippen molar-refractivity contribution in [1.29, 1.82) is 0 Å². The predicted molar refractivity (Wildman–Crippen MR) is 88.4 cm³/mol. The van der Waals surface area contributed by atoms with Crippen LogP contribution in [-0.2, 0) is 7.05 Å². The highest BCUT2D eigenvalue weighted by Crippen LogP contribution is 2.29. The van der Waals surface area contributed by atoms with Crippen LogP contribution in [0.5, 0.6) is 0 Å². The van der Waals surface area contributed by atoms with E-state index in [-0.39, 0.29) is 12.4 Å². The van der Waals surface area contributed by atoms with Crippen LogP contribution in [0.1, 0.15) is 30.3 Å². The average molecular weight is 342 g/mol. The Morgan fingerprint density at radius 1 is 1.27 bits per heavy atom. The van der Waals surface area contributed by atoms with Crippen molar-refractivity contribution < 1.29 is 0 Å². The summed E-state index contributed by atoms with van der Waals surface area (Å²) in [7, 11) is 2.01. The van der Waals surface area contributed by atoms with Gasteiger partial charge in [0.25, 0.3) is 0 Å². The molecule has 3 N–H and O–H groups in total. The van der Waals surface area contributed by atoms with Crippen LogP contribution in [-0.4, -0.2) is 37.8 Å². The molecule has 120 valence electrons. The van der Waals surface area contributed by atoms with Crippen molar-refractivity contribution in [2.75, 3.05) is 18.8 Å². The van der Waals surface area contributed by atoms with Gasteiger partial charge < -0.3 is 15.6 Å². The fourth-order valence-corrected chi connectivity index (χ4v) is 3.43. The lowest BCUT2D eigenvalue weighted by molar-refractivity contribution is 0.434. The Kier molecular flexibility index (Phi) is 5.60. The van der Waals surface area contributed by atoms with Crippen molar-refractivity contribution in [3.05, 3.63) is 17.6 Å². The van der Waals surface area contributed by atoms with Gasteiger partial charge in [0.1, 0.15) is 10.9 Å². The molecule has 0 amide bonds. The van der Waals surface area contributed by atoms with Gasteiger partial charge in [-0.1, -0.05) is 0 Å². The number of aromatic nitrogens is 5. The van der Waals surface area contributed by atoms with E-state index in [1.54, 1.807) is 0 Å². The SMILES string of the molecule is Cc1cc(Sc2nnc(C3CCNCC3)n2C)nc(N)n1.Cl. The van der Waals surface area contributed by atoms with Crippen LogP contribution in [0.3, 0.4) is 0 Å². The largest absolute Gasteiger partial charge is 0.368 e. The van der Waals surface area contributed by atoms with E-state index in [0.717, 1.165) is 47.6 Å². The van der Waals surface area contributed by atoms with Gasteiger partial charge in [-0.05, 0) is 50.7 Å². The smallest absolute Gasteiger partial charge is 0.221 e. The van der Waals surface area contributed by atoms with E-state index in [1.165, 1.54) is 11.8 Å². The lowest BCUT2D eigenvalue weighted by Crippen LogP contribution is -2.27. The fourth-order valence-electron chi connectivity index (χ4n) is 2.56. The Morgan fingerprint density at radius 3 is 2.68 bits per heavy atom. The normalized spacial score (nSPS) is 15.5. The maximum Gasteiger partial charge on any atom is 0.221 e. The van der Waals surface area contributed by atoms with Gasteiger partial charge in [-0.25, -0.2) is 9.97 Å². The number of rotatable bonds is 3. The van der Waals surface area contributed by atoms with Gasteiger partial charge in [0.2, 0.25) is 5.95 Å². The molecule has 3 heterocycles. The molecule has 0 spiro atoms. The van der Waals surface area contributed by atoms with Crippen LogP contribution in [0, 0.1) is 6.92 Å². The quantitative estimate of drug-likeness (QED) is 0.817. The number of hydrogen-bond acceptors (Lipinski definition) is 7. The van der Waals surface area contributed by atoms with Gasteiger partial charge in [-0.3, -0.25) is 0 Å². The van der Waals surface area contributed by atoms with Crippen molar-refractivity contribution in [2.24, 2.45) is 7.05 Å². The van der Waals surface area contributed by atoms with E-state index in [4.69, 9.17) is 5.73 Å². The average Bonchev–Trinajstić information content (AvgIpc) is 2.80. The number of piperidine rings is 1. The molecule has 1 aliphatic heterocycles. The molecule has 3 rings (SSSR count). The molecule has 0 saturated carbocycles. The number of aryl methyl sites for hydroxylation is 1. The van der Waals surface area contributed by atoms with Crippen molar-refractivity contribution in [2.45, 2.75) is 35.9 Å². The second-order valence-electron chi connectivity index (χ2n) is 5.23. The van der Waals surface area contributed by atoms with E-state index in [1.807, 2.05) is 20.0 Å². The molecule has 22 heavy (non-hydrogen) atoms. The Hall–Kier alpha value is -1.38. The second-order valence-corrected chi connectivity index (χ2v) is 6.22.